The van der Waals surface area contributed by atoms with Crippen molar-refractivity contribution in [1.82, 2.24) is 10.2 Å². The maximum atomic E-state index is 13.6. The number of aliphatic imine (C=N–C) groups is 1. The van der Waals surface area contributed by atoms with Gasteiger partial charge in [-0.05, 0) is 44.0 Å². The second kappa shape index (κ2) is 9.05. The van der Waals surface area contributed by atoms with Gasteiger partial charge in [0.2, 0.25) is 0 Å². The van der Waals surface area contributed by atoms with Crippen LogP contribution in [0.4, 0.5) is 8.78 Å². The van der Waals surface area contributed by atoms with Crippen molar-refractivity contribution in [2.24, 2.45) is 4.99 Å². The first-order valence-electron chi connectivity index (χ1n) is 7.45. The number of halogens is 3. The maximum absolute atomic E-state index is 13.6. The van der Waals surface area contributed by atoms with Crippen molar-refractivity contribution in [2.45, 2.75) is 25.0 Å². The van der Waals surface area contributed by atoms with Crippen LogP contribution in [0.15, 0.2) is 23.2 Å². The summed E-state index contributed by atoms with van der Waals surface area (Å²) in [4.78, 5) is 6.52. The minimum absolute atomic E-state index is 0. The van der Waals surface area contributed by atoms with Crippen LogP contribution in [0.2, 0.25) is 0 Å². The standard InChI is InChI=1S/C16H23F2N3S.HI/c1-16(2)11-21(8-9-22-16)15(19-3)20-7-6-12-10-13(17)4-5-14(12)18;/h4-5,10H,6-9,11H2,1-3H3,(H,19,20);1H. The lowest BCUT2D eigenvalue weighted by Gasteiger charge is -2.39. The zero-order valence-electron chi connectivity index (χ0n) is 13.7. The van der Waals surface area contributed by atoms with Gasteiger partial charge < -0.3 is 10.2 Å². The molecule has 0 atom stereocenters. The molecule has 1 aliphatic heterocycles. The molecule has 1 aromatic carbocycles. The molecule has 3 nitrogen and oxygen atoms in total. The van der Waals surface area contributed by atoms with E-state index in [4.69, 9.17) is 0 Å². The van der Waals surface area contributed by atoms with E-state index in [0.717, 1.165) is 30.9 Å². The molecule has 23 heavy (non-hydrogen) atoms. The van der Waals surface area contributed by atoms with Crippen molar-refractivity contribution >= 4 is 41.7 Å². The van der Waals surface area contributed by atoms with E-state index in [1.807, 2.05) is 11.8 Å². The molecular formula is C16H24F2IN3S. The third-order valence-corrected chi connectivity index (χ3v) is 4.92. The van der Waals surface area contributed by atoms with E-state index in [9.17, 15) is 8.78 Å². The van der Waals surface area contributed by atoms with Gasteiger partial charge in [-0.1, -0.05) is 0 Å². The molecular weight excluding hydrogens is 431 g/mol. The summed E-state index contributed by atoms with van der Waals surface area (Å²) in [5, 5.41) is 3.25. The van der Waals surface area contributed by atoms with Crippen molar-refractivity contribution in [3.05, 3.63) is 35.4 Å². The molecule has 0 saturated carbocycles. The van der Waals surface area contributed by atoms with Crippen molar-refractivity contribution in [1.29, 1.82) is 0 Å². The first-order chi connectivity index (χ1) is 10.4. The smallest absolute Gasteiger partial charge is 0.193 e. The van der Waals surface area contributed by atoms with Crippen LogP contribution in [0.3, 0.4) is 0 Å². The van der Waals surface area contributed by atoms with Crippen LogP contribution < -0.4 is 5.32 Å². The number of benzene rings is 1. The molecule has 0 spiro atoms. The summed E-state index contributed by atoms with van der Waals surface area (Å²) >= 11 is 1.96. The van der Waals surface area contributed by atoms with Gasteiger partial charge in [0.1, 0.15) is 11.6 Å². The lowest BCUT2D eigenvalue weighted by atomic mass is 10.1. The Hall–Kier alpha value is -0.570. The molecule has 0 amide bonds. The molecule has 2 rings (SSSR count). The van der Waals surface area contributed by atoms with Crippen LogP contribution in [-0.2, 0) is 6.42 Å². The van der Waals surface area contributed by atoms with Crippen LogP contribution in [0.1, 0.15) is 19.4 Å². The molecule has 1 heterocycles. The van der Waals surface area contributed by atoms with Gasteiger partial charge in [0.25, 0.3) is 0 Å². The summed E-state index contributed by atoms with van der Waals surface area (Å²) in [5.41, 5.74) is 0.387. The number of nitrogens with zero attached hydrogens (tertiary/aromatic N) is 2. The molecule has 0 aliphatic carbocycles. The zero-order chi connectivity index (χ0) is 16.2. The average Bonchev–Trinajstić information content (AvgIpc) is 2.46. The molecule has 1 aliphatic rings. The molecule has 0 aromatic heterocycles. The topological polar surface area (TPSA) is 27.6 Å². The molecule has 0 bridgehead atoms. The Bertz CT molecular complexity index is 552. The van der Waals surface area contributed by atoms with Crippen molar-refractivity contribution in [2.75, 3.05) is 32.4 Å². The monoisotopic (exact) mass is 455 g/mol. The fraction of sp³-hybridized carbons (Fsp3) is 0.562. The fourth-order valence-electron chi connectivity index (χ4n) is 2.57. The maximum Gasteiger partial charge on any atom is 0.193 e. The number of thioether (sulfide) groups is 1. The highest BCUT2D eigenvalue weighted by molar-refractivity contribution is 14.0. The van der Waals surface area contributed by atoms with Crippen LogP contribution in [0.5, 0.6) is 0 Å². The molecule has 0 radical (unpaired) electrons. The molecule has 1 fully saturated rings. The minimum Gasteiger partial charge on any atom is -0.356 e. The van der Waals surface area contributed by atoms with Gasteiger partial charge in [0.05, 0.1) is 0 Å². The fourth-order valence-corrected chi connectivity index (χ4v) is 3.68. The lowest BCUT2D eigenvalue weighted by Crippen LogP contribution is -2.51. The van der Waals surface area contributed by atoms with Crippen LogP contribution in [-0.4, -0.2) is 48.0 Å². The Morgan fingerprint density at radius 3 is 2.78 bits per heavy atom. The molecule has 1 aromatic rings. The third kappa shape index (κ3) is 6.10. The molecule has 130 valence electrons. The zero-order valence-corrected chi connectivity index (χ0v) is 16.9. The van der Waals surface area contributed by atoms with Gasteiger partial charge in [-0.3, -0.25) is 4.99 Å². The number of nitrogens with one attached hydrogen (secondary N) is 1. The van der Waals surface area contributed by atoms with E-state index in [1.54, 1.807) is 7.05 Å². The normalized spacial score (nSPS) is 17.6. The number of guanidine groups is 1. The van der Waals surface area contributed by atoms with Gasteiger partial charge in [-0.25, -0.2) is 8.78 Å². The summed E-state index contributed by atoms with van der Waals surface area (Å²) in [7, 11) is 1.75. The average molecular weight is 455 g/mol. The Morgan fingerprint density at radius 2 is 2.13 bits per heavy atom. The summed E-state index contributed by atoms with van der Waals surface area (Å²) < 4.78 is 26.9. The first kappa shape index (κ1) is 20.5. The van der Waals surface area contributed by atoms with Gasteiger partial charge >= 0.3 is 0 Å². The minimum atomic E-state index is -0.407. The van der Waals surface area contributed by atoms with Crippen molar-refractivity contribution < 1.29 is 8.78 Å². The Balaban J connectivity index is 0.00000264. The quantitative estimate of drug-likeness (QED) is 0.430. The second-order valence-electron chi connectivity index (χ2n) is 5.99. The second-order valence-corrected chi connectivity index (χ2v) is 7.79. The van der Waals surface area contributed by atoms with E-state index in [-0.39, 0.29) is 34.5 Å². The van der Waals surface area contributed by atoms with Crippen molar-refractivity contribution in [3.63, 3.8) is 0 Å². The largest absolute Gasteiger partial charge is 0.356 e. The summed E-state index contributed by atoms with van der Waals surface area (Å²) in [5.74, 6) is 1.11. The van der Waals surface area contributed by atoms with Crippen LogP contribution >= 0.6 is 35.7 Å². The van der Waals surface area contributed by atoms with Gasteiger partial charge in [0, 0.05) is 37.2 Å². The van der Waals surface area contributed by atoms with Crippen LogP contribution in [0, 0.1) is 11.6 Å². The van der Waals surface area contributed by atoms with E-state index >= 15 is 0 Å². The van der Waals surface area contributed by atoms with E-state index in [0.29, 0.717) is 18.5 Å². The Kier molecular flexibility index (Phi) is 8.06. The highest BCUT2D eigenvalue weighted by Crippen LogP contribution is 2.29. The van der Waals surface area contributed by atoms with E-state index in [2.05, 4.69) is 29.1 Å². The highest BCUT2D eigenvalue weighted by Gasteiger charge is 2.28. The molecule has 0 unspecified atom stereocenters. The Morgan fingerprint density at radius 1 is 1.39 bits per heavy atom. The van der Waals surface area contributed by atoms with Gasteiger partial charge in [-0.15, -0.1) is 24.0 Å². The van der Waals surface area contributed by atoms with E-state index < -0.39 is 5.82 Å². The number of rotatable bonds is 3. The highest BCUT2D eigenvalue weighted by atomic mass is 127. The molecule has 7 heteroatoms. The predicted octanol–water partition coefficient (Wildman–Crippen LogP) is 3.53. The van der Waals surface area contributed by atoms with E-state index in [1.165, 1.54) is 12.1 Å². The number of hydrogen-bond donors (Lipinski definition) is 1. The molecule has 1 N–H and O–H groups in total. The number of hydrogen-bond acceptors (Lipinski definition) is 2. The predicted molar refractivity (Wildman–Crippen MR) is 105 cm³/mol. The lowest BCUT2D eigenvalue weighted by molar-refractivity contribution is 0.376. The van der Waals surface area contributed by atoms with Gasteiger partial charge in [-0.2, -0.15) is 11.8 Å². The molecule has 1 saturated heterocycles. The van der Waals surface area contributed by atoms with Crippen LogP contribution in [0.25, 0.3) is 0 Å². The summed E-state index contributed by atoms with van der Waals surface area (Å²) in [6, 6.07) is 3.56. The SMILES string of the molecule is CN=C(NCCc1cc(F)ccc1F)N1CCSC(C)(C)C1.I. The Labute approximate surface area is 158 Å². The summed E-state index contributed by atoms with van der Waals surface area (Å²) in [6.07, 6.45) is 0.425. The van der Waals surface area contributed by atoms with Gasteiger partial charge in [0.15, 0.2) is 5.96 Å². The first-order valence-corrected chi connectivity index (χ1v) is 8.43. The summed E-state index contributed by atoms with van der Waals surface area (Å²) in [6.45, 7) is 6.84. The van der Waals surface area contributed by atoms with Crippen molar-refractivity contribution in [3.8, 4) is 0 Å². The third-order valence-electron chi connectivity index (χ3n) is 3.62.